The first kappa shape index (κ1) is 10.6. The van der Waals surface area contributed by atoms with E-state index in [1.54, 1.807) is 0 Å². The smallest absolute Gasteiger partial charge is 0.179 e. The van der Waals surface area contributed by atoms with Crippen molar-refractivity contribution in [1.29, 1.82) is 0 Å². The third-order valence-electron chi connectivity index (χ3n) is 2.52. The van der Waals surface area contributed by atoms with Gasteiger partial charge >= 0.3 is 0 Å². The molecule has 1 fully saturated rings. The Morgan fingerprint density at radius 1 is 1.33 bits per heavy atom. The highest BCUT2D eigenvalue weighted by molar-refractivity contribution is 7.91. The molecule has 0 aromatic heterocycles. The minimum Gasteiger partial charge on any atom is -0.313 e. The molecular formula is C10H12FNO2S. The van der Waals surface area contributed by atoms with E-state index in [2.05, 4.69) is 5.32 Å². The normalized spacial score (nSPS) is 21.0. The monoisotopic (exact) mass is 229 g/mol. The van der Waals surface area contributed by atoms with Gasteiger partial charge in [0.15, 0.2) is 9.84 Å². The molecule has 1 aromatic rings. The summed E-state index contributed by atoms with van der Waals surface area (Å²) in [6, 6.07) is 5.01. The number of halogens is 1. The van der Waals surface area contributed by atoms with E-state index < -0.39 is 15.7 Å². The van der Waals surface area contributed by atoms with Crippen molar-refractivity contribution in [2.24, 2.45) is 0 Å². The predicted octanol–water partition coefficient (Wildman–Crippen LogP) is 0.961. The van der Waals surface area contributed by atoms with Crippen LogP contribution in [-0.4, -0.2) is 26.8 Å². The summed E-state index contributed by atoms with van der Waals surface area (Å²) in [6.45, 7) is 0.879. The second-order valence-corrected chi connectivity index (χ2v) is 5.71. The average Bonchev–Trinajstić information content (AvgIpc) is 2.13. The van der Waals surface area contributed by atoms with Gasteiger partial charge in [-0.1, -0.05) is 0 Å². The van der Waals surface area contributed by atoms with Crippen molar-refractivity contribution < 1.29 is 12.8 Å². The van der Waals surface area contributed by atoms with Gasteiger partial charge in [0.1, 0.15) is 5.82 Å². The summed E-state index contributed by atoms with van der Waals surface area (Å²) in [5.41, 5.74) is 0. The van der Waals surface area contributed by atoms with E-state index in [9.17, 15) is 12.8 Å². The molecular weight excluding hydrogens is 217 g/mol. The van der Waals surface area contributed by atoms with Crippen molar-refractivity contribution in [1.82, 2.24) is 5.32 Å². The maximum absolute atomic E-state index is 12.6. The van der Waals surface area contributed by atoms with Crippen LogP contribution in [0.1, 0.15) is 6.42 Å². The van der Waals surface area contributed by atoms with Gasteiger partial charge in [0, 0.05) is 6.04 Å². The zero-order chi connectivity index (χ0) is 10.9. The number of rotatable bonds is 3. The fourth-order valence-electron chi connectivity index (χ4n) is 1.49. The topological polar surface area (TPSA) is 46.2 Å². The molecule has 0 spiro atoms. The molecule has 15 heavy (non-hydrogen) atoms. The van der Waals surface area contributed by atoms with Crippen molar-refractivity contribution >= 4 is 9.84 Å². The lowest BCUT2D eigenvalue weighted by Gasteiger charge is -2.27. The predicted molar refractivity (Wildman–Crippen MR) is 54.9 cm³/mol. The first-order valence-corrected chi connectivity index (χ1v) is 6.45. The third-order valence-corrected chi connectivity index (χ3v) is 4.35. The summed E-state index contributed by atoms with van der Waals surface area (Å²) in [7, 11) is -3.27. The lowest BCUT2D eigenvalue weighted by molar-refractivity contribution is 0.399. The Morgan fingerprint density at radius 2 is 1.93 bits per heavy atom. The Hall–Kier alpha value is -0.940. The maximum atomic E-state index is 12.6. The van der Waals surface area contributed by atoms with E-state index in [1.165, 1.54) is 24.3 Å². The van der Waals surface area contributed by atoms with Crippen molar-refractivity contribution in [2.45, 2.75) is 17.4 Å². The number of hydrogen-bond acceptors (Lipinski definition) is 3. The molecule has 0 aliphatic carbocycles. The Bertz CT molecular complexity index is 437. The fourth-order valence-corrected chi connectivity index (χ4v) is 3.05. The molecule has 1 aliphatic heterocycles. The molecule has 0 amide bonds. The molecule has 1 saturated heterocycles. The lowest BCUT2D eigenvalue weighted by Crippen LogP contribution is -2.47. The van der Waals surface area contributed by atoms with Crippen LogP contribution >= 0.6 is 0 Å². The standard InChI is InChI=1S/C10H12FNO2S/c11-8-1-3-10(4-2-8)15(13,14)7-9-5-6-12-9/h1-4,9,12H,5-7H2. The number of sulfone groups is 1. The first-order chi connectivity index (χ1) is 7.08. The Balaban J connectivity index is 2.17. The van der Waals surface area contributed by atoms with Crippen LogP contribution in [0.25, 0.3) is 0 Å². The van der Waals surface area contributed by atoms with Crippen LogP contribution in [0.5, 0.6) is 0 Å². The summed E-state index contributed by atoms with van der Waals surface area (Å²) < 4.78 is 36.2. The fraction of sp³-hybridized carbons (Fsp3) is 0.400. The Morgan fingerprint density at radius 3 is 2.40 bits per heavy atom. The molecule has 0 radical (unpaired) electrons. The van der Waals surface area contributed by atoms with Gasteiger partial charge in [-0.05, 0) is 37.2 Å². The van der Waals surface area contributed by atoms with Crippen LogP contribution in [0.2, 0.25) is 0 Å². The number of nitrogens with one attached hydrogen (secondary N) is 1. The summed E-state index contributed by atoms with van der Waals surface area (Å²) in [5.74, 6) is -0.325. The van der Waals surface area contributed by atoms with Gasteiger partial charge in [-0.25, -0.2) is 12.8 Å². The van der Waals surface area contributed by atoms with E-state index in [0.29, 0.717) is 0 Å². The second kappa shape index (κ2) is 3.90. The third kappa shape index (κ3) is 2.35. The molecule has 82 valence electrons. The van der Waals surface area contributed by atoms with E-state index in [-0.39, 0.29) is 16.7 Å². The lowest BCUT2D eigenvalue weighted by atomic mass is 10.1. The molecule has 1 N–H and O–H groups in total. The second-order valence-electron chi connectivity index (χ2n) is 3.68. The molecule has 3 nitrogen and oxygen atoms in total. The maximum Gasteiger partial charge on any atom is 0.179 e. The van der Waals surface area contributed by atoms with Gasteiger partial charge in [-0.15, -0.1) is 0 Å². The highest BCUT2D eigenvalue weighted by Crippen LogP contribution is 2.15. The molecule has 1 unspecified atom stereocenters. The van der Waals surface area contributed by atoms with Crippen LogP contribution in [0.4, 0.5) is 4.39 Å². The van der Waals surface area contributed by atoms with Crippen molar-refractivity contribution in [3.05, 3.63) is 30.1 Å². The molecule has 1 aliphatic rings. The molecule has 1 aromatic carbocycles. The van der Waals surface area contributed by atoms with Crippen molar-refractivity contribution in [3.8, 4) is 0 Å². The van der Waals surface area contributed by atoms with E-state index >= 15 is 0 Å². The van der Waals surface area contributed by atoms with Gasteiger partial charge in [-0.2, -0.15) is 0 Å². The zero-order valence-corrected chi connectivity index (χ0v) is 8.93. The quantitative estimate of drug-likeness (QED) is 0.785. The highest BCUT2D eigenvalue weighted by atomic mass is 32.2. The van der Waals surface area contributed by atoms with Gasteiger partial charge in [0.2, 0.25) is 0 Å². The molecule has 0 saturated carbocycles. The van der Waals surface area contributed by atoms with E-state index in [0.717, 1.165) is 13.0 Å². The SMILES string of the molecule is O=S(=O)(CC1CCN1)c1ccc(F)cc1. The molecule has 0 bridgehead atoms. The number of benzene rings is 1. The van der Waals surface area contributed by atoms with Gasteiger partial charge in [-0.3, -0.25) is 0 Å². The van der Waals surface area contributed by atoms with E-state index in [1.807, 2.05) is 0 Å². The minimum absolute atomic E-state index is 0.0556. The Labute approximate surface area is 88.2 Å². The van der Waals surface area contributed by atoms with Crippen LogP contribution in [0, 0.1) is 5.82 Å². The van der Waals surface area contributed by atoms with Crippen LogP contribution in [0.3, 0.4) is 0 Å². The van der Waals surface area contributed by atoms with Crippen molar-refractivity contribution in [2.75, 3.05) is 12.3 Å². The van der Waals surface area contributed by atoms with Gasteiger partial charge in [0.25, 0.3) is 0 Å². The highest BCUT2D eigenvalue weighted by Gasteiger charge is 2.25. The summed E-state index contributed by atoms with van der Waals surface area (Å²) in [4.78, 5) is 0.192. The zero-order valence-electron chi connectivity index (χ0n) is 8.11. The van der Waals surface area contributed by atoms with Crippen LogP contribution < -0.4 is 5.32 Å². The minimum atomic E-state index is -3.27. The van der Waals surface area contributed by atoms with Crippen LogP contribution in [-0.2, 0) is 9.84 Å². The van der Waals surface area contributed by atoms with Gasteiger partial charge in [0.05, 0.1) is 10.6 Å². The van der Waals surface area contributed by atoms with Gasteiger partial charge < -0.3 is 5.32 Å². The number of hydrogen-bond donors (Lipinski definition) is 1. The van der Waals surface area contributed by atoms with Crippen molar-refractivity contribution in [3.63, 3.8) is 0 Å². The Kier molecular flexibility index (Phi) is 2.75. The largest absolute Gasteiger partial charge is 0.313 e. The summed E-state index contributed by atoms with van der Waals surface area (Å²) in [6.07, 6.45) is 0.889. The summed E-state index contributed by atoms with van der Waals surface area (Å²) in [5, 5.41) is 3.03. The molecule has 2 rings (SSSR count). The van der Waals surface area contributed by atoms with E-state index in [4.69, 9.17) is 0 Å². The summed E-state index contributed by atoms with van der Waals surface area (Å²) >= 11 is 0. The average molecular weight is 229 g/mol. The molecule has 5 heteroatoms. The first-order valence-electron chi connectivity index (χ1n) is 4.80. The molecule has 1 atom stereocenters. The van der Waals surface area contributed by atoms with Crippen LogP contribution in [0.15, 0.2) is 29.2 Å². The molecule has 1 heterocycles.